The Labute approximate surface area is 77.8 Å². The van der Waals surface area contributed by atoms with Crippen LogP contribution >= 0.6 is 15.9 Å². The number of halogens is 1. The molecule has 1 aliphatic rings. The van der Waals surface area contributed by atoms with Crippen molar-refractivity contribution in [3.05, 3.63) is 22.5 Å². The molecule has 63 valence electrons. The van der Waals surface area contributed by atoms with E-state index in [0.717, 1.165) is 0 Å². The molecule has 0 aromatic heterocycles. The number of nitrogens with zero attached hydrogens (tertiary/aromatic N) is 1. The van der Waals surface area contributed by atoms with Gasteiger partial charge in [-0.2, -0.15) is 0 Å². The van der Waals surface area contributed by atoms with E-state index in [1.807, 2.05) is 0 Å². The number of carbonyl (C=O) groups is 2. The molecule has 0 atom stereocenters. The fourth-order valence-corrected chi connectivity index (χ4v) is 1.04. The van der Waals surface area contributed by atoms with E-state index in [2.05, 4.69) is 26.6 Å². The highest BCUT2D eigenvalue weighted by Gasteiger charge is 2.14. The normalized spacial score (nSPS) is 16.0. The second-order valence-electron chi connectivity index (χ2n) is 2.19. The van der Waals surface area contributed by atoms with E-state index in [-0.39, 0.29) is 11.6 Å². The Morgan fingerprint density at radius 3 is 2.92 bits per heavy atom. The molecule has 0 saturated carbocycles. The molecular weight excluding hydrogens is 224 g/mol. The smallest absolute Gasteiger partial charge is 0.293 e. The number of rotatable bonds is 1. The molecule has 1 radical (unpaired) electrons. The first kappa shape index (κ1) is 8.99. The highest BCUT2D eigenvalue weighted by atomic mass is 79.9. The molecule has 1 heterocycles. The minimum Gasteiger partial charge on any atom is -0.322 e. The van der Waals surface area contributed by atoms with Gasteiger partial charge < -0.3 is 5.32 Å². The Morgan fingerprint density at radius 1 is 1.67 bits per heavy atom. The van der Waals surface area contributed by atoms with Gasteiger partial charge in [-0.15, -0.1) is 0 Å². The number of allylic oxidation sites excluding steroid dienone is 2. The summed E-state index contributed by atoms with van der Waals surface area (Å²) in [6, 6.07) is 0. The van der Waals surface area contributed by atoms with Crippen LogP contribution < -0.4 is 10.6 Å². The van der Waals surface area contributed by atoms with Crippen molar-refractivity contribution in [3.63, 3.8) is 0 Å². The summed E-state index contributed by atoms with van der Waals surface area (Å²) >= 11 is 3.13. The molecule has 1 rings (SSSR count). The summed E-state index contributed by atoms with van der Waals surface area (Å²) in [4.78, 5) is 21.5. The van der Waals surface area contributed by atoms with Gasteiger partial charge in [0.1, 0.15) is 5.70 Å². The van der Waals surface area contributed by atoms with Crippen LogP contribution in [0.1, 0.15) is 6.92 Å². The summed E-state index contributed by atoms with van der Waals surface area (Å²) in [5.74, 6) is -0.722. The largest absolute Gasteiger partial charge is 0.322 e. The molecule has 1 aliphatic heterocycles. The number of amides is 2. The lowest BCUT2D eigenvalue weighted by atomic mass is 10.3. The maximum Gasteiger partial charge on any atom is 0.293 e. The minimum atomic E-state index is -0.437. The van der Waals surface area contributed by atoms with E-state index in [1.165, 1.54) is 19.2 Å². The van der Waals surface area contributed by atoms with Crippen LogP contribution in [0.15, 0.2) is 22.5 Å². The van der Waals surface area contributed by atoms with Crippen LogP contribution in [0, 0.1) is 0 Å². The summed E-state index contributed by atoms with van der Waals surface area (Å²) in [7, 11) is 0. The third-order valence-electron chi connectivity index (χ3n) is 1.13. The molecule has 4 nitrogen and oxygen atoms in total. The van der Waals surface area contributed by atoms with Crippen LogP contribution in [0.3, 0.4) is 0 Å². The molecule has 0 aromatic carbocycles. The first-order valence-electron chi connectivity index (χ1n) is 3.20. The van der Waals surface area contributed by atoms with Crippen molar-refractivity contribution in [3.8, 4) is 0 Å². The van der Waals surface area contributed by atoms with Gasteiger partial charge >= 0.3 is 0 Å². The summed E-state index contributed by atoms with van der Waals surface area (Å²) in [6.07, 6.45) is 2.89. The monoisotopic (exact) mass is 229 g/mol. The number of nitrogens with one attached hydrogen (secondary N) is 1. The fraction of sp³-hybridized carbons (Fsp3) is 0.143. The summed E-state index contributed by atoms with van der Waals surface area (Å²) in [5, 5.41) is 5.88. The van der Waals surface area contributed by atoms with Gasteiger partial charge in [0.15, 0.2) is 0 Å². The maximum absolute atomic E-state index is 11.0. The molecule has 0 unspecified atom stereocenters. The summed E-state index contributed by atoms with van der Waals surface area (Å²) in [5.41, 5.74) is 0.192. The molecule has 0 aliphatic carbocycles. The average molecular weight is 230 g/mol. The lowest BCUT2D eigenvalue weighted by molar-refractivity contribution is -0.122. The zero-order valence-corrected chi connectivity index (χ0v) is 7.88. The van der Waals surface area contributed by atoms with Gasteiger partial charge in [0.25, 0.3) is 5.91 Å². The molecule has 0 aromatic rings. The predicted molar refractivity (Wildman–Crippen MR) is 46.1 cm³/mol. The lowest BCUT2D eigenvalue weighted by Gasteiger charge is -2.08. The zero-order valence-electron chi connectivity index (χ0n) is 6.30. The predicted octanol–water partition coefficient (Wildman–Crippen LogP) is 0.387. The fourth-order valence-electron chi connectivity index (χ4n) is 0.706. The van der Waals surface area contributed by atoms with Gasteiger partial charge in [0, 0.05) is 17.6 Å². The standard InChI is InChI=1S/C7H6BrN2O2/c1-4(11)10-6-2-5(8)3-9-7(6)12/h2-3H,1H3,(H,10,11). The van der Waals surface area contributed by atoms with Crippen molar-refractivity contribution in [1.82, 2.24) is 10.6 Å². The van der Waals surface area contributed by atoms with Crippen molar-refractivity contribution in [2.45, 2.75) is 6.92 Å². The van der Waals surface area contributed by atoms with Crippen molar-refractivity contribution in [1.29, 1.82) is 0 Å². The van der Waals surface area contributed by atoms with Crippen molar-refractivity contribution >= 4 is 27.7 Å². The van der Waals surface area contributed by atoms with Crippen LogP contribution in [-0.4, -0.2) is 11.8 Å². The van der Waals surface area contributed by atoms with Crippen molar-refractivity contribution < 1.29 is 9.59 Å². The van der Waals surface area contributed by atoms with Crippen LogP contribution in [0.25, 0.3) is 0 Å². The van der Waals surface area contributed by atoms with Crippen molar-refractivity contribution in [2.24, 2.45) is 0 Å². The number of hydrogen-bond donors (Lipinski definition) is 1. The van der Waals surface area contributed by atoms with E-state index in [1.54, 1.807) is 0 Å². The molecule has 1 N–H and O–H groups in total. The third-order valence-corrected chi connectivity index (χ3v) is 1.56. The third kappa shape index (κ3) is 2.20. The Morgan fingerprint density at radius 2 is 2.33 bits per heavy atom. The summed E-state index contributed by atoms with van der Waals surface area (Å²) in [6.45, 7) is 1.33. The van der Waals surface area contributed by atoms with E-state index >= 15 is 0 Å². The van der Waals surface area contributed by atoms with Crippen LogP contribution in [0.4, 0.5) is 0 Å². The second-order valence-corrected chi connectivity index (χ2v) is 3.10. The highest BCUT2D eigenvalue weighted by Crippen LogP contribution is 2.12. The van der Waals surface area contributed by atoms with Gasteiger partial charge in [-0.05, 0) is 22.0 Å². The Hall–Kier alpha value is -1.10. The topological polar surface area (TPSA) is 60.3 Å². The Bertz CT molecular complexity index is 294. The average Bonchev–Trinajstić information content (AvgIpc) is 1.96. The minimum absolute atomic E-state index is 0.192. The Kier molecular flexibility index (Phi) is 2.65. The molecule has 0 bridgehead atoms. The second kappa shape index (κ2) is 3.53. The molecule has 12 heavy (non-hydrogen) atoms. The number of hydrogen-bond acceptors (Lipinski definition) is 2. The lowest BCUT2D eigenvalue weighted by Crippen LogP contribution is -2.30. The molecule has 2 amide bonds. The summed E-state index contributed by atoms with van der Waals surface area (Å²) < 4.78 is 0.658. The van der Waals surface area contributed by atoms with Gasteiger partial charge in [-0.25, -0.2) is 5.32 Å². The van der Waals surface area contributed by atoms with Crippen molar-refractivity contribution in [2.75, 3.05) is 0 Å². The zero-order chi connectivity index (χ0) is 9.14. The molecule has 0 fully saturated rings. The van der Waals surface area contributed by atoms with Gasteiger partial charge in [0.05, 0.1) is 0 Å². The number of carbonyl (C=O) groups excluding carboxylic acids is 2. The first-order chi connectivity index (χ1) is 5.59. The van der Waals surface area contributed by atoms with E-state index < -0.39 is 5.91 Å². The highest BCUT2D eigenvalue weighted by molar-refractivity contribution is 9.11. The van der Waals surface area contributed by atoms with Crippen LogP contribution in [-0.2, 0) is 9.59 Å². The quantitative estimate of drug-likeness (QED) is 0.708. The molecule has 0 spiro atoms. The maximum atomic E-state index is 11.0. The van der Waals surface area contributed by atoms with Gasteiger partial charge in [-0.3, -0.25) is 9.59 Å². The van der Waals surface area contributed by atoms with Gasteiger partial charge in [-0.1, -0.05) is 0 Å². The van der Waals surface area contributed by atoms with Crippen LogP contribution in [0.2, 0.25) is 0 Å². The molecule has 0 saturated heterocycles. The van der Waals surface area contributed by atoms with Crippen LogP contribution in [0.5, 0.6) is 0 Å². The van der Waals surface area contributed by atoms with Gasteiger partial charge in [0.2, 0.25) is 5.91 Å². The first-order valence-corrected chi connectivity index (χ1v) is 3.99. The molecular formula is C7H6BrN2O2. The van der Waals surface area contributed by atoms with E-state index in [4.69, 9.17) is 0 Å². The van der Waals surface area contributed by atoms with E-state index in [0.29, 0.717) is 4.48 Å². The SMILES string of the molecule is CC(=O)NC1=CC(Br)=C[N]C1=O. The molecule has 5 heteroatoms. The van der Waals surface area contributed by atoms with E-state index in [9.17, 15) is 9.59 Å². The Balaban J connectivity index is 2.79.